The van der Waals surface area contributed by atoms with Gasteiger partial charge in [0.05, 0.1) is 12.3 Å². The molecule has 2 N–H and O–H groups in total. The molecular formula is C16H19F2N3O2S. The lowest BCUT2D eigenvalue weighted by atomic mass is 10.2. The van der Waals surface area contributed by atoms with Gasteiger partial charge in [-0.2, -0.15) is 8.78 Å². The van der Waals surface area contributed by atoms with Crippen molar-refractivity contribution in [3.63, 3.8) is 0 Å². The smallest absolute Gasteiger partial charge is 0.387 e. The maximum absolute atomic E-state index is 12.1. The van der Waals surface area contributed by atoms with Gasteiger partial charge in [-0.05, 0) is 62.7 Å². The Morgan fingerprint density at radius 1 is 1.25 bits per heavy atom. The molecule has 1 heterocycles. The van der Waals surface area contributed by atoms with Crippen LogP contribution in [0.3, 0.4) is 0 Å². The van der Waals surface area contributed by atoms with Crippen molar-refractivity contribution in [2.24, 2.45) is 0 Å². The first kappa shape index (κ1) is 18.2. The molecule has 0 saturated carbocycles. The summed E-state index contributed by atoms with van der Waals surface area (Å²) in [5.74, 6) is 0.934. The Kier molecular flexibility index (Phi) is 6.51. The lowest BCUT2D eigenvalue weighted by Gasteiger charge is -2.23. The van der Waals surface area contributed by atoms with E-state index in [-0.39, 0.29) is 11.8 Å². The topological polar surface area (TPSA) is 49.7 Å². The summed E-state index contributed by atoms with van der Waals surface area (Å²) in [4.78, 5) is 2.02. The van der Waals surface area contributed by atoms with Gasteiger partial charge >= 0.3 is 6.61 Å². The summed E-state index contributed by atoms with van der Waals surface area (Å²) in [5.41, 5.74) is 0.675. The van der Waals surface area contributed by atoms with Crippen molar-refractivity contribution in [2.75, 3.05) is 26.0 Å². The van der Waals surface area contributed by atoms with Crippen molar-refractivity contribution in [3.8, 4) is 5.75 Å². The van der Waals surface area contributed by atoms with E-state index in [2.05, 4.69) is 15.4 Å². The first-order chi connectivity index (χ1) is 11.5. The minimum absolute atomic E-state index is 0.0292. The molecule has 0 bridgehead atoms. The molecule has 0 saturated heterocycles. The van der Waals surface area contributed by atoms with E-state index >= 15 is 0 Å². The number of halogens is 2. The van der Waals surface area contributed by atoms with Gasteiger partial charge in [-0.25, -0.2) is 0 Å². The standard InChI is InChI=1S/C16H19F2N3O2S/c1-21(2)13(14-4-3-9-22-14)10-19-16(24)20-11-5-7-12(8-6-11)23-15(17)18/h3-9,13,15H,10H2,1-2H3,(H2,19,20,24)/t13-/m1/s1. The lowest BCUT2D eigenvalue weighted by Crippen LogP contribution is -2.36. The highest BCUT2D eigenvalue weighted by atomic mass is 32.1. The Hall–Kier alpha value is -2.19. The van der Waals surface area contributed by atoms with Crippen LogP contribution in [0.1, 0.15) is 11.8 Å². The maximum Gasteiger partial charge on any atom is 0.387 e. The molecule has 1 aromatic heterocycles. The molecule has 0 fully saturated rings. The molecule has 0 radical (unpaired) electrons. The molecule has 5 nitrogen and oxygen atoms in total. The third kappa shape index (κ3) is 5.47. The second-order valence-electron chi connectivity index (χ2n) is 5.23. The summed E-state index contributed by atoms with van der Waals surface area (Å²) in [6.07, 6.45) is 1.63. The Balaban J connectivity index is 1.86. The monoisotopic (exact) mass is 355 g/mol. The number of hydrogen-bond donors (Lipinski definition) is 2. The van der Waals surface area contributed by atoms with E-state index in [9.17, 15) is 8.78 Å². The molecule has 0 aliphatic rings. The van der Waals surface area contributed by atoms with Crippen LogP contribution in [0.25, 0.3) is 0 Å². The quantitative estimate of drug-likeness (QED) is 0.742. The van der Waals surface area contributed by atoms with Crippen LogP contribution in [-0.4, -0.2) is 37.3 Å². The van der Waals surface area contributed by atoms with Crippen LogP contribution >= 0.6 is 12.2 Å². The molecule has 0 unspecified atom stereocenters. The van der Waals surface area contributed by atoms with E-state index in [1.165, 1.54) is 12.1 Å². The molecule has 2 rings (SSSR count). The van der Waals surface area contributed by atoms with Gasteiger partial charge in [-0.1, -0.05) is 0 Å². The van der Waals surface area contributed by atoms with Gasteiger partial charge < -0.3 is 19.8 Å². The van der Waals surface area contributed by atoms with Gasteiger partial charge in [0.2, 0.25) is 0 Å². The lowest BCUT2D eigenvalue weighted by molar-refractivity contribution is -0.0498. The summed E-state index contributed by atoms with van der Waals surface area (Å²) in [7, 11) is 3.90. The number of rotatable bonds is 7. The fourth-order valence-electron chi connectivity index (χ4n) is 2.10. The number of anilines is 1. The second kappa shape index (κ2) is 8.60. The number of ether oxygens (including phenoxy) is 1. The fraction of sp³-hybridized carbons (Fsp3) is 0.312. The van der Waals surface area contributed by atoms with E-state index < -0.39 is 6.61 Å². The Morgan fingerprint density at radius 2 is 1.96 bits per heavy atom. The van der Waals surface area contributed by atoms with Crippen LogP contribution < -0.4 is 15.4 Å². The van der Waals surface area contributed by atoms with E-state index in [1.54, 1.807) is 18.4 Å². The zero-order valence-electron chi connectivity index (χ0n) is 13.3. The summed E-state index contributed by atoms with van der Waals surface area (Å²) in [6, 6.07) is 9.89. The van der Waals surface area contributed by atoms with E-state index in [4.69, 9.17) is 16.6 Å². The number of thiocarbonyl (C=S) groups is 1. The predicted octanol–water partition coefficient (Wildman–Crippen LogP) is 3.47. The Bertz CT molecular complexity index is 633. The highest BCUT2D eigenvalue weighted by molar-refractivity contribution is 7.80. The summed E-state index contributed by atoms with van der Waals surface area (Å²) < 4.78 is 33.9. The molecule has 2 aromatic rings. The highest BCUT2D eigenvalue weighted by Gasteiger charge is 2.17. The number of hydrogen-bond acceptors (Lipinski definition) is 4. The van der Waals surface area contributed by atoms with E-state index in [0.717, 1.165) is 5.76 Å². The first-order valence-corrected chi connectivity index (χ1v) is 7.66. The van der Waals surface area contributed by atoms with Crippen LogP contribution in [0.5, 0.6) is 5.75 Å². The Morgan fingerprint density at radius 3 is 2.50 bits per heavy atom. The summed E-state index contributed by atoms with van der Waals surface area (Å²) in [5, 5.41) is 6.53. The van der Waals surface area contributed by atoms with Crippen LogP contribution in [0, 0.1) is 0 Å². The van der Waals surface area contributed by atoms with Crippen molar-refractivity contribution >= 4 is 23.0 Å². The third-order valence-electron chi connectivity index (χ3n) is 3.29. The molecule has 24 heavy (non-hydrogen) atoms. The van der Waals surface area contributed by atoms with Crippen molar-refractivity contribution < 1.29 is 17.9 Å². The number of furan rings is 1. The number of nitrogens with zero attached hydrogens (tertiary/aromatic N) is 1. The van der Waals surface area contributed by atoms with Gasteiger partial charge in [0, 0.05) is 12.2 Å². The SMILES string of the molecule is CN(C)[C@H](CNC(=S)Nc1ccc(OC(F)F)cc1)c1ccco1. The van der Waals surface area contributed by atoms with Gasteiger partial charge in [0.15, 0.2) is 5.11 Å². The van der Waals surface area contributed by atoms with Gasteiger partial charge in [0.1, 0.15) is 11.5 Å². The number of benzene rings is 1. The molecule has 0 aliphatic carbocycles. The van der Waals surface area contributed by atoms with Crippen molar-refractivity contribution in [2.45, 2.75) is 12.7 Å². The molecule has 8 heteroatoms. The average molecular weight is 355 g/mol. The maximum atomic E-state index is 12.1. The zero-order chi connectivity index (χ0) is 17.5. The van der Waals surface area contributed by atoms with Crippen LogP contribution in [-0.2, 0) is 0 Å². The fourth-order valence-corrected chi connectivity index (χ4v) is 2.30. The van der Waals surface area contributed by atoms with Gasteiger partial charge in [-0.15, -0.1) is 0 Å². The molecule has 0 spiro atoms. The first-order valence-electron chi connectivity index (χ1n) is 7.25. The second-order valence-corrected chi connectivity index (χ2v) is 5.64. The van der Waals surface area contributed by atoms with Crippen LogP contribution in [0.15, 0.2) is 47.1 Å². The number of alkyl halides is 2. The molecule has 0 aliphatic heterocycles. The molecular weight excluding hydrogens is 336 g/mol. The van der Waals surface area contributed by atoms with E-state index in [0.29, 0.717) is 17.3 Å². The average Bonchev–Trinajstić information content (AvgIpc) is 3.02. The number of nitrogens with one attached hydrogen (secondary N) is 2. The summed E-state index contributed by atoms with van der Waals surface area (Å²) >= 11 is 5.25. The molecule has 1 aromatic carbocycles. The van der Waals surface area contributed by atoms with Crippen molar-refractivity contribution in [1.82, 2.24) is 10.2 Å². The van der Waals surface area contributed by atoms with Crippen LogP contribution in [0.4, 0.5) is 14.5 Å². The minimum Gasteiger partial charge on any atom is -0.468 e. The predicted molar refractivity (Wildman–Crippen MR) is 92.4 cm³/mol. The minimum atomic E-state index is -2.84. The summed E-state index contributed by atoms with van der Waals surface area (Å²) in [6.45, 7) is -2.28. The van der Waals surface area contributed by atoms with Gasteiger partial charge in [-0.3, -0.25) is 4.90 Å². The van der Waals surface area contributed by atoms with Gasteiger partial charge in [0.25, 0.3) is 0 Å². The van der Waals surface area contributed by atoms with Crippen LogP contribution in [0.2, 0.25) is 0 Å². The van der Waals surface area contributed by atoms with Crippen molar-refractivity contribution in [1.29, 1.82) is 0 Å². The third-order valence-corrected chi connectivity index (χ3v) is 3.53. The van der Waals surface area contributed by atoms with Crippen molar-refractivity contribution in [3.05, 3.63) is 48.4 Å². The molecule has 130 valence electrons. The Labute approximate surface area is 144 Å². The molecule has 1 atom stereocenters. The molecule has 0 amide bonds. The highest BCUT2D eigenvalue weighted by Crippen LogP contribution is 2.19. The normalized spacial score (nSPS) is 12.2. The number of likely N-dealkylation sites (N-methyl/N-ethyl adjacent to an activating group) is 1. The van der Waals surface area contributed by atoms with E-state index in [1.807, 2.05) is 31.1 Å². The largest absolute Gasteiger partial charge is 0.468 e. The zero-order valence-corrected chi connectivity index (χ0v) is 14.1.